The molecule has 4 amide bonds. The van der Waals surface area contributed by atoms with Crippen LogP contribution >= 0.6 is 18.8 Å². The molecule has 10 N–H and O–H groups in total. The van der Waals surface area contributed by atoms with Crippen LogP contribution in [0, 0.1) is 0 Å². The normalized spacial score (nSPS) is 16.2. The van der Waals surface area contributed by atoms with E-state index in [9.17, 15) is 38.4 Å². The number of unbranched alkanes of at least 4 members (excludes halogenated alkanes) is 2. The number of hydrogen-bond acceptors (Lipinski definition) is 10. The molecule has 250 valence electrons. The molecule has 2 aliphatic heterocycles. The number of carbonyl (C=O) groups excluding carboxylic acids is 6. The van der Waals surface area contributed by atoms with Crippen LogP contribution in [0.2, 0.25) is 0 Å². The van der Waals surface area contributed by atoms with Crippen LogP contribution in [0.5, 0.6) is 0 Å². The number of aliphatic carboxylic acids is 2. The zero-order valence-corrected chi connectivity index (χ0v) is 26.6. The number of carboxylic acid groups (broad SMARTS) is 2. The van der Waals surface area contributed by atoms with E-state index in [1.54, 1.807) is 0 Å². The van der Waals surface area contributed by atoms with Crippen molar-refractivity contribution in [3.05, 3.63) is 12.3 Å². The number of amides is 4. The Kier molecular flexibility index (Phi) is 27.4. The van der Waals surface area contributed by atoms with Gasteiger partial charge in [0, 0.05) is 25.9 Å². The van der Waals surface area contributed by atoms with Crippen molar-refractivity contribution in [3.63, 3.8) is 0 Å². The fourth-order valence-electron chi connectivity index (χ4n) is 3.19. The first-order valence-electron chi connectivity index (χ1n) is 12.2. The van der Waals surface area contributed by atoms with E-state index in [1.807, 2.05) is 0 Å². The standard InChI is InChI=1S/2C11H16N2O6.2ClH.2H2N.Pt/c2*14-8(4-5-9(15)16)12-6-2-1-3-7-10(17)19-11(18)13-7;;;;;/h2*7H,1-6H2,(H,12,14)(H,13,18)(H,15,16);2*1H;2*1H2;/q;;;;2*-1;+4/p-2. The topological polar surface area (TPSA) is 311 Å². The van der Waals surface area contributed by atoms with Crippen molar-refractivity contribution in [2.75, 3.05) is 13.1 Å². The summed E-state index contributed by atoms with van der Waals surface area (Å²) in [6.45, 7) is 0.822. The maximum atomic E-state index is 11.2. The summed E-state index contributed by atoms with van der Waals surface area (Å²) in [6, 6.07) is -1.20. The Morgan fingerprint density at radius 3 is 1.26 bits per heavy atom. The molecular formula is C22H36Cl2N6O12Pt. The summed E-state index contributed by atoms with van der Waals surface area (Å²) >= 11 is -0.472. The summed E-state index contributed by atoms with van der Waals surface area (Å²) in [5, 5.41) is 26.7. The molecule has 0 aromatic heterocycles. The number of nitrogens with one attached hydrogen (secondary N) is 4. The predicted molar refractivity (Wildman–Crippen MR) is 147 cm³/mol. The summed E-state index contributed by atoms with van der Waals surface area (Å²) < 4.78 is 8.62. The molecule has 2 atom stereocenters. The molecular weight excluding hydrogens is 806 g/mol. The molecule has 2 fully saturated rings. The number of carbonyl (C=O) groups is 8. The van der Waals surface area contributed by atoms with Gasteiger partial charge in [-0.15, -0.1) is 0 Å². The molecule has 0 aromatic carbocycles. The van der Waals surface area contributed by atoms with Gasteiger partial charge in [-0.2, -0.15) is 0 Å². The van der Waals surface area contributed by atoms with E-state index < -0.39 is 64.6 Å². The van der Waals surface area contributed by atoms with Gasteiger partial charge in [0.05, 0.1) is 12.8 Å². The van der Waals surface area contributed by atoms with E-state index >= 15 is 0 Å². The average molecular weight is 843 g/mol. The van der Waals surface area contributed by atoms with Gasteiger partial charge in [0.1, 0.15) is 12.1 Å². The number of halogens is 2. The maximum absolute atomic E-state index is 11.2. The maximum Gasteiger partial charge on any atom is -0.693 e. The van der Waals surface area contributed by atoms with Gasteiger partial charge in [-0.05, 0) is 38.5 Å². The second-order valence-corrected chi connectivity index (χ2v) is 11.6. The van der Waals surface area contributed by atoms with Gasteiger partial charge in [-0.3, -0.25) is 19.2 Å². The summed E-state index contributed by atoms with van der Waals surface area (Å²) in [7, 11) is 9.75. The van der Waals surface area contributed by atoms with Crippen LogP contribution < -0.4 is 21.3 Å². The molecule has 0 spiro atoms. The van der Waals surface area contributed by atoms with E-state index in [2.05, 4.69) is 30.7 Å². The van der Waals surface area contributed by atoms with Crippen LogP contribution in [-0.2, 0) is 54.7 Å². The molecule has 2 rings (SSSR count). The molecule has 43 heavy (non-hydrogen) atoms. The molecule has 21 heteroatoms. The van der Waals surface area contributed by atoms with Crippen molar-refractivity contribution in [2.45, 2.75) is 76.3 Å². The SMILES string of the molecule is O=C(O)CCC(=O)NCCCCC1NC(=O)OC1=O.O=C(O)CCC(=O)NCCCCC1NC(=O)OC1=O.[Cl][Pt+2][Cl].[NH2-].[NH2-]. The van der Waals surface area contributed by atoms with Crippen molar-refractivity contribution in [2.24, 2.45) is 0 Å². The number of carboxylic acids is 2. The number of nitrogens with two attached hydrogens (primary N) is 2. The van der Waals surface area contributed by atoms with Crippen LogP contribution in [0.4, 0.5) is 9.59 Å². The quantitative estimate of drug-likeness (QED) is 0.0741. The molecule has 2 saturated heterocycles. The predicted octanol–water partition coefficient (Wildman–Crippen LogP) is 2.36. The van der Waals surface area contributed by atoms with Crippen LogP contribution in [-0.4, -0.2) is 83.3 Å². The van der Waals surface area contributed by atoms with E-state index in [0.29, 0.717) is 51.6 Å². The number of alkyl carbamates (subject to hydrolysis) is 2. The van der Waals surface area contributed by atoms with Crippen molar-refractivity contribution in [1.82, 2.24) is 21.3 Å². The minimum Gasteiger partial charge on any atom is -0.693 e. The van der Waals surface area contributed by atoms with Gasteiger partial charge in [-0.25, -0.2) is 19.2 Å². The third kappa shape index (κ3) is 24.1. The first-order valence-corrected chi connectivity index (χ1v) is 17.9. The van der Waals surface area contributed by atoms with Gasteiger partial charge in [-0.1, -0.05) is 0 Å². The molecule has 18 nitrogen and oxygen atoms in total. The molecule has 2 aliphatic rings. The van der Waals surface area contributed by atoms with E-state index in [-0.39, 0.29) is 49.8 Å². The number of rotatable bonds is 16. The summed E-state index contributed by atoms with van der Waals surface area (Å²) in [5.74, 6) is -3.78. The number of ether oxygens (including phenoxy) is 2. The van der Waals surface area contributed by atoms with E-state index in [1.165, 1.54) is 0 Å². The van der Waals surface area contributed by atoms with Crippen molar-refractivity contribution >= 4 is 66.7 Å². The van der Waals surface area contributed by atoms with Gasteiger partial charge in [0.25, 0.3) is 0 Å². The Morgan fingerprint density at radius 2 is 1.00 bits per heavy atom. The van der Waals surface area contributed by atoms with E-state index in [4.69, 9.17) is 29.0 Å². The monoisotopic (exact) mass is 841 g/mol. The molecule has 0 bridgehead atoms. The molecule has 2 heterocycles. The Bertz CT molecular complexity index is 874. The first-order chi connectivity index (χ1) is 19.4. The Hall–Kier alpha value is -3.05. The first kappa shape index (κ1) is 44.4. The second-order valence-electron chi connectivity index (χ2n) is 8.34. The largest absolute Gasteiger partial charge is 0.693 e. The number of cyclic esters (lactones) is 4. The molecule has 0 aromatic rings. The van der Waals surface area contributed by atoms with Gasteiger partial charge >= 0.3 is 71.4 Å². The summed E-state index contributed by atoms with van der Waals surface area (Å²) in [5.41, 5.74) is 0. The molecule has 0 radical (unpaired) electrons. The second kappa shape index (κ2) is 26.6. The van der Waals surface area contributed by atoms with Gasteiger partial charge in [0.15, 0.2) is 0 Å². The molecule has 2 unspecified atom stereocenters. The van der Waals surface area contributed by atoms with Crippen LogP contribution in [0.15, 0.2) is 0 Å². The zero-order chi connectivity index (χ0) is 31.2. The number of hydrogen-bond donors (Lipinski definition) is 6. The molecule has 0 saturated carbocycles. The number of esters is 2. The van der Waals surface area contributed by atoms with Crippen molar-refractivity contribution in [1.29, 1.82) is 0 Å². The third-order valence-corrected chi connectivity index (χ3v) is 5.16. The minimum absolute atomic E-state index is 0. The van der Waals surface area contributed by atoms with Gasteiger partial charge in [0.2, 0.25) is 11.8 Å². The average Bonchev–Trinajstić information content (AvgIpc) is 3.39. The van der Waals surface area contributed by atoms with Crippen LogP contribution in [0.25, 0.3) is 12.3 Å². The third-order valence-electron chi connectivity index (χ3n) is 5.16. The summed E-state index contributed by atoms with van der Waals surface area (Å²) in [4.78, 5) is 86.3. The fourth-order valence-corrected chi connectivity index (χ4v) is 3.19. The Labute approximate surface area is 263 Å². The van der Waals surface area contributed by atoms with Crippen molar-refractivity contribution < 1.29 is 74.5 Å². The zero-order valence-electron chi connectivity index (χ0n) is 22.8. The van der Waals surface area contributed by atoms with Crippen LogP contribution in [0.3, 0.4) is 0 Å². The van der Waals surface area contributed by atoms with Gasteiger partial charge < -0.3 is 53.3 Å². The minimum atomic E-state index is -1.01. The fraction of sp³-hybridized carbons (Fsp3) is 0.636. The van der Waals surface area contributed by atoms with Crippen molar-refractivity contribution in [3.8, 4) is 0 Å². The smallest absolute Gasteiger partial charge is 0.693 e. The molecule has 0 aliphatic carbocycles. The Balaban J connectivity index is -0.000000653. The summed E-state index contributed by atoms with van der Waals surface area (Å²) in [6.07, 6.45) is 1.55. The van der Waals surface area contributed by atoms with Crippen LogP contribution in [0.1, 0.15) is 64.2 Å². The van der Waals surface area contributed by atoms with E-state index in [0.717, 1.165) is 0 Å². The Morgan fingerprint density at radius 1 is 0.674 bits per heavy atom.